The van der Waals surface area contributed by atoms with Gasteiger partial charge in [0.1, 0.15) is 11.9 Å². The van der Waals surface area contributed by atoms with E-state index in [9.17, 15) is 9.59 Å². The standard InChI is InChI=1S/C25H26FN5O5S/c26-19-12-17(31-14-18(36-25(31)33)13-28-24(27)37)3-4-20(19)29-7-9-30(10-8-29)23(32)6-2-16-1-5-21-22(11-16)35-15-34-21/h1-6,11-12,18H,7-10,13-15H2,(H3,27,28,37)/b6-2+/t18-/m0/s1. The molecule has 5 rings (SSSR count). The Morgan fingerprint density at radius 1 is 1.14 bits per heavy atom. The second-order valence-electron chi connectivity index (χ2n) is 8.76. The highest BCUT2D eigenvalue weighted by Crippen LogP contribution is 2.33. The number of hydrogen-bond donors (Lipinski definition) is 2. The zero-order valence-electron chi connectivity index (χ0n) is 19.9. The number of benzene rings is 2. The van der Waals surface area contributed by atoms with Crippen molar-refractivity contribution >= 4 is 46.8 Å². The molecule has 3 heterocycles. The normalized spacial score (nSPS) is 18.9. The third kappa shape index (κ3) is 5.53. The highest BCUT2D eigenvalue weighted by atomic mass is 32.1. The molecule has 1 atom stereocenters. The second kappa shape index (κ2) is 10.5. The van der Waals surface area contributed by atoms with E-state index in [-0.39, 0.29) is 30.9 Å². The van der Waals surface area contributed by atoms with Gasteiger partial charge in [-0.3, -0.25) is 9.69 Å². The summed E-state index contributed by atoms with van der Waals surface area (Å²) in [6.07, 6.45) is 2.27. The zero-order valence-corrected chi connectivity index (χ0v) is 20.7. The van der Waals surface area contributed by atoms with Gasteiger partial charge in [-0.15, -0.1) is 0 Å². The Balaban J connectivity index is 1.15. The lowest BCUT2D eigenvalue weighted by Crippen LogP contribution is -2.48. The van der Waals surface area contributed by atoms with Gasteiger partial charge < -0.3 is 35.1 Å². The number of fused-ring (bicyclic) bond motifs is 1. The van der Waals surface area contributed by atoms with Crippen molar-refractivity contribution < 1.29 is 28.2 Å². The molecular weight excluding hydrogens is 501 g/mol. The van der Waals surface area contributed by atoms with E-state index >= 15 is 4.39 Å². The number of nitrogens with one attached hydrogen (secondary N) is 1. The predicted octanol–water partition coefficient (Wildman–Crippen LogP) is 2.07. The van der Waals surface area contributed by atoms with Gasteiger partial charge in [-0.2, -0.15) is 0 Å². The molecule has 0 aromatic heterocycles. The first-order valence-electron chi connectivity index (χ1n) is 11.8. The molecule has 37 heavy (non-hydrogen) atoms. The first-order chi connectivity index (χ1) is 17.9. The summed E-state index contributed by atoms with van der Waals surface area (Å²) in [4.78, 5) is 29.9. The van der Waals surface area contributed by atoms with E-state index in [2.05, 4.69) is 5.32 Å². The fourth-order valence-electron chi connectivity index (χ4n) is 4.43. The van der Waals surface area contributed by atoms with Crippen molar-refractivity contribution in [1.29, 1.82) is 0 Å². The maximum atomic E-state index is 15.0. The maximum absolute atomic E-state index is 15.0. The summed E-state index contributed by atoms with van der Waals surface area (Å²) in [6, 6.07) is 10.2. The summed E-state index contributed by atoms with van der Waals surface area (Å²) in [5, 5.41) is 2.88. The maximum Gasteiger partial charge on any atom is 0.414 e. The van der Waals surface area contributed by atoms with Crippen LogP contribution in [0.2, 0.25) is 0 Å². The average molecular weight is 528 g/mol. The van der Waals surface area contributed by atoms with Gasteiger partial charge in [0, 0.05) is 32.3 Å². The van der Waals surface area contributed by atoms with Crippen LogP contribution < -0.4 is 30.3 Å². The van der Waals surface area contributed by atoms with Crippen molar-refractivity contribution in [2.75, 3.05) is 55.9 Å². The lowest BCUT2D eigenvalue weighted by molar-refractivity contribution is -0.126. The van der Waals surface area contributed by atoms with Crippen molar-refractivity contribution in [2.45, 2.75) is 6.10 Å². The fraction of sp³-hybridized carbons (Fsp3) is 0.320. The predicted molar refractivity (Wildman–Crippen MR) is 139 cm³/mol. The second-order valence-corrected chi connectivity index (χ2v) is 9.20. The number of hydrogen-bond acceptors (Lipinski definition) is 7. The molecule has 0 saturated carbocycles. The Hall–Kier alpha value is -4.06. The van der Waals surface area contributed by atoms with Crippen LogP contribution in [0.4, 0.5) is 20.6 Å². The molecule has 194 valence electrons. The van der Waals surface area contributed by atoms with Gasteiger partial charge in [-0.05, 0) is 54.2 Å². The summed E-state index contributed by atoms with van der Waals surface area (Å²) in [5.74, 6) is 0.790. The molecule has 0 bridgehead atoms. The van der Waals surface area contributed by atoms with Crippen molar-refractivity contribution in [1.82, 2.24) is 10.2 Å². The molecule has 3 aliphatic heterocycles. The number of nitrogens with two attached hydrogens (primary N) is 1. The van der Waals surface area contributed by atoms with Crippen LogP contribution in [0.3, 0.4) is 0 Å². The van der Waals surface area contributed by atoms with Crippen LogP contribution in [0.15, 0.2) is 42.5 Å². The van der Waals surface area contributed by atoms with Crippen molar-refractivity contribution in [3.63, 3.8) is 0 Å². The third-order valence-electron chi connectivity index (χ3n) is 6.37. The van der Waals surface area contributed by atoms with Gasteiger partial charge in [0.2, 0.25) is 12.7 Å². The Kier molecular flexibility index (Phi) is 6.99. The molecule has 0 unspecified atom stereocenters. The van der Waals surface area contributed by atoms with Crippen LogP contribution in [-0.2, 0) is 9.53 Å². The summed E-state index contributed by atoms with van der Waals surface area (Å²) in [6.45, 7) is 2.63. The third-order valence-corrected chi connectivity index (χ3v) is 6.51. The van der Waals surface area contributed by atoms with Gasteiger partial charge in [-0.25, -0.2) is 9.18 Å². The smallest absolute Gasteiger partial charge is 0.414 e. The molecule has 0 radical (unpaired) electrons. The number of carbonyl (C=O) groups is 2. The monoisotopic (exact) mass is 527 g/mol. The molecule has 3 aliphatic rings. The lowest BCUT2D eigenvalue weighted by atomic mass is 10.1. The van der Waals surface area contributed by atoms with Gasteiger partial charge in [-0.1, -0.05) is 6.07 Å². The molecule has 2 aromatic rings. The van der Waals surface area contributed by atoms with Crippen LogP contribution in [0, 0.1) is 5.82 Å². The average Bonchev–Trinajstić information content (AvgIpc) is 3.52. The van der Waals surface area contributed by atoms with E-state index in [1.54, 1.807) is 23.1 Å². The minimum atomic E-state index is -0.553. The summed E-state index contributed by atoms with van der Waals surface area (Å²) >= 11 is 4.77. The Labute approximate surface area is 218 Å². The zero-order chi connectivity index (χ0) is 25.9. The number of nitrogens with zero attached hydrogens (tertiary/aromatic N) is 3. The Morgan fingerprint density at radius 3 is 2.68 bits per heavy atom. The van der Waals surface area contributed by atoms with Crippen LogP contribution in [0.25, 0.3) is 6.08 Å². The number of anilines is 2. The van der Waals surface area contributed by atoms with E-state index in [4.69, 9.17) is 32.2 Å². The number of thiocarbonyl (C=S) groups is 1. The van der Waals surface area contributed by atoms with Gasteiger partial charge in [0.05, 0.1) is 24.5 Å². The summed E-state index contributed by atoms with van der Waals surface area (Å²) in [5.41, 5.74) is 7.09. The van der Waals surface area contributed by atoms with E-state index in [0.717, 1.165) is 5.56 Å². The Bertz CT molecular complexity index is 1250. The fourth-order valence-corrected chi connectivity index (χ4v) is 4.51. The van der Waals surface area contributed by atoms with E-state index in [1.807, 2.05) is 23.1 Å². The molecule has 2 amide bonds. The number of amides is 2. The molecule has 0 spiro atoms. The van der Waals surface area contributed by atoms with E-state index in [0.29, 0.717) is 49.1 Å². The number of piperazine rings is 1. The largest absolute Gasteiger partial charge is 0.454 e. The quantitative estimate of drug-likeness (QED) is 0.431. The SMILES string of the molecule is NC(=S)NC[C@H]1CN(c2ccc(N3CCN(C(=O)/C=C/c4ccc5c(c4)OCO5)CC3)c(F)c2)C(=O)O1. The Morgan fingerprint density at radius 2 is 1.92 bits per heavy atom. The minimum absolute atomic E-state index is 0.111. The van der Waals surface area contributed by atoms with Crippen molar-refractivity contribution in [2.24, 2.45) is 5.73 Å². The van der Waals surface area contributed by atoms with Crippen molar-refractivity contribution in [3.8, 4) is 11.5 Å². The molecule has 3 N–H and O–H groups in total. The first kappa shape index (κ1) is 24.6. The number of ether oxygens (including phenoxy) is 3. The molecule has 0 aliphatic carbocycles. The number of carbonyl (C=O) groups excluding carboxylic acids is 2. The number of cyclic esters (lactones) is 1. The highest BCUT2D eigenvalue weighted by molar-refractivity contribution is 7.80. The molecule has 2 fully saturated rings. The van der Waals surface area contributed by atoms with Crippen LogP contribution >= 0.6 is 12.2 Å². The summed E-state index contributed by atoms with van der Waals surface area (Å²) < 4.78 is 31.0. The van der Waals surface area contributed by atoms with Gasteiger partial charge in [0.25, 0.3) is 0 Å². The van der Waals surface area contributed by atoms with Crippen molar-refractivity contribution in [3.05, 3.63) is 53.9 Å². The number of halogens is 1. The van der Waals surface area contributed by atoms with Crippen LogP contribution in [0.1, 0.15) is 5.56 Å². The molecule has 10 nitrogen and oxygen atoms in total. The minimum Gasteiger partial charge on any atom is -0.454 e. The molecule has 2 saturated heterocycles. The van der Waals surface area contributed by atoms with Gasteiger partial charge in [0.15, 0.2) is 16.6 Å². The lowest BCUT2D eigenvalue weighted by Gasteiger charge is -2.36. The van der Waals surface area contributed by atoms with Crippen LogP contribution in [-0.4, -0.2) is 74.2 Å². The molecule has 2 aromatic carbocycles. The topological polar surface area (TPSA) is 110 Å². The highest BCUT2D eigenvalue weighted by Gasteiger charge is 2.33. The first-order valence-corrected chi connectivity index (χ1v) is 12.2. The number of rotatable bonds is 6. The van der Waals surface area contributed by atoms with Gasteiger partial charge >= 0.3 is 6.09 Å². The molecular formula is C25H26FN5O5S. The van der Waals surface area contributed by atoms with E-state index in [1.165, 1.54) is 17.0 Å². The van der Waals surface area contributed by atoms with Crippen LogP contribution in [0.5, 0.6) is 11.5 Å². The summed E-state index contributed by atoms with van der Waals surface area (Å²) in [7, 11) is 0. The van der Waals surface area contributed by atoms with E-state index < -0.39 is 18.0 Å². The molecule has 12 heteroatoms.